The highest BCUT2D eigenvalue weighted by Crippen LogP contribution is 2.51. The first kappa shape index (κ1) is 24.3. The van der Waals surface area contributed by atoms with Gasteiger partial charge in [-0.2, -0.15) is 36.5 Å². The van der Waals surface area contributed by atoms with Crippen LogP contribution in [-0.2, 0) is 12.4 Å². The van der Waals surface area contributed by atoms with Gasteiger partial charge >= 0.3 is 12.4 Å². The van der Waals surface area contributed by atoms with Gasteiger partial charge in [0, 0.05) is 11.1 Å². The van der Waals surface area contributed by atoms with Crippen LogP contribution in [0.25, 0.3) is 11.4 Å². The first-order chi connectivity index (χ1) is 18.1. The average Bonchev–Trinajstić information content (AvgIpc) is 3.77. The topological polar surface area (TPSA) is 78.5 Å². The summed E-state index contributed by atoms with van der Waals surface area (Å²) >= 11 is 0. The molecular formula is C25H18F6N6O. The molecular weight excluding hydrogens is 514 g/mol. The lowest BCUT2D eigenvalue weighted by molar-refractivity contribution is -0.138. The van der Waals surface area contributed by atoms with Crippen molar-refractivity contribution in [1.29, 1.82) is 0 Å². The summed E-state index contributed by atoms with van der Waals surface area (Å²) in [7, 11) is 0. The minimum absolute atomic E-state index is 0.00259. The monoisotopic (exact) mass is 532 g/mol. The summed E-state index contributed by atoms with van der Waals surface area (Å²) in [6.07, 6.45) is -2.77. The van der Waals surface area contributed by atoms with Crippen molar-refractivity contribution in [3.63, 3.8) is 0 Å². The van der Waals surface area contributed by atoms with Gasteiger partial charge in [-0.1, -0.05) is 0 Å². The predicted molar refractivity (Wildman–Crippen MR) is 120 cm³/mol. The smallest absolute Gasteiger partial charge is 0.289 e. The van der Waals surface area contributed by atoms with E-state index in [9.17, 15) is 31.1 Å². The summed E-state index contributed by atoms with van der Waals surface area (Å²) in [6.45, 7) is 0. The molecule has 0 aliphatic heterocycles. The van der Waals surface area contributed by atoms with Crippen LogP contribution in [0.2, 0.25) is 0 Å². The highest BCUT2D eigenvalue weighted by molar-refractivity contribution is 6.12. The molecule has 2 aliphatic rings. The van der Waals surface area contributed by atoms with Crippen molar-refractivity contribution in [3.8, 4) is 11.4 Å². The zero-order valence-electron chi connectivity index (χ0n) is 19.5. The molecule has 0 spiro atoms. The molecule has 0 N–H and O–H groups in total. The molecule has 2 aliphatic carbocycles. The Hall–Kier alpha value is -4.03. The van der Waals surface area contributed by atoms with Crippen LogP contribution >= 0.6 is 0 Å². The lowest BCUT2D eigenvalue weighted by Gasteiger charge is -2.22. The zero-order valence-corrected chi connectivity index (χ0v) is 19.5. The molecule has 38 heavy (non-hydrogen) atoms. The van der Waals surface area contributed by atoms with Gasteiger partial charge in [0.25, 0.3) is 0 Å². The number of rotatable bonds is 6. The molecule has 0 atom stereocenters. The maximum Gasteiger partial charge on any atom is 0.418 e. The summed E-state index contributed by atoms with van der Waals surface area (Å²) in [5, 5.41) is 7.80. The van der Waals surface area contributed by atoms with Crippen molar-refractivity contribution in [2.75, 3.05) is 0 Å². The van der Waals surface area contributed by atoms with E-state index in [1.54, 1.807) is 0 Å². The SMILES string of the molecule is O=C(c1ccc(C(F)(F)F)c(-n2cncn2)c1C1CC1)c1ccc(C(F)(F)F)c(-n2cncn2)c1C1CC1. The van der Waals surface area contributed by atoms with Crippen LogP contribution in [0, 0.1) is 0 Å². The fourth-order valence-electron chi connectivity index (χ4n) is 4.93. The Kier molecular flexibility index (Phi) is 5.44. The van der Waals surface area contributed by atoms with Gasteiger partial charge in [-0.15, -0.1) is 0 Å². The lowest BCUT2D eigenvalue weighted by atomic mass is 9.87. The molecule has 13 heteroatoms. The quantitative estimate of drug-likeness (QED) is 0.229. The van der Waals surface area contributed by atoms with E-state index in [1.165, 1.54) is 0 Å². The number of benzene rings is 2. The van der Waals surface area contributed by atoms with Gasteiger partial charge in [-0.25, -0.2) is 19.3 Å². The maximum absolute atomic E-state index is 14.1. The molecule has 2 saturated carbocycles. The molecule has 2 fully saturated rings. The summed E-state index contributed by atoms with van der Waals surface area (Å²) < 4.78 is 86.2. The average molecular weight is 532 g/mol. The molecule has 2 aromatic heterocycles. The van der Waals surface area contributed by atoms with Crippen LogP contribution < -0.4 is 0 Å². The van der Waals surface area contributed by atoms with Crippen LogP contribution in [0.5, 0.6) is 0 Å². The Labute approximate surface area is 211 Å². The van der Waals surface area contributed by atoms with Gasteiger partial charge < -0.3 is 0 Å². The van der Waals surface area contributed by atoms with Crippen molar-refractivity contribution in [3.05, 3.63) is 83.0 Å². The number of carbonyl (C=O) groups is 1. The fourth-order valence-corrected chi connectivity index (χ4v) is 4.93. The van der Waals surface area contributed by atoms with E-state index < -0.39 is 29.3 Å². The minimum Gasteiger partial charge on any atom is -0.289 e. The fraction of sp³-hybridized carbons (Fsp3) is 0.320. The highest BCUT2D eigenvalue weighted by atomic mass is 19.4. The van der Waals surface area contributed by atoms with E-state index in [2.05, 4.69) is 20.2 Å². The third-order valence-corrected chi connectivity index (χ3v) is 6.80. The van der Waals surface area contributed by atoms with E-state index >= 15 is 0 Å². The van der Waals surface area contributed by atoms with Gasteiger partial charge in [-0.05, 0) is 72.9 Å². The number of halogens is 6. The van der Waals surface area contributed by atoms with Crippen molar-refractivity contribution < 1.29 is 31.1 Å². The van der Waals surface area contributed by atoms with Crippen molar-refractivity contribution >= 4 is 5.78 Å². The second-order valence-corrected chi connectivity index (χ2v) is 9.40. The molecule has 0 saturated heterocycles. The highest BCUT2D eigenvalue weighted by Gasteiger charge is 2.43. The van der Waals surface area contributed by atoms with Crippen LogP contribution in [0.4, 0.5) is 26.3 Å². The summed E-state index contributed by atoms with van der Waals surface area (Å²) in [5.41, 5.74) is -2.20. The van der Waals surface area contributed by atoms with E-state index in [0.717, 1.165) is 58.9 Å². The maximum atomic E-state index is 14.1. The minimum atomic E-state index is -4.74. The number of nitrogens with zero attached hydrogens (tertiary/aromatic N) is 6. The molecule has 2 heterocycles. The van der Waals surface area contributed by atoms with Gasteiger partial charge in [-0.3, -0.25) is 4.79 Å². The molecule has 0 radical (unpaired) electrons. The van der Waals surface area contributed by atoms with Crippen molar-refractivity contribution in [2.45, 2.75) is 49.9 Å². The van der Waals surface area contributed by atoms with Crippen molar-refractivity contribution in [2.24, 2.45) is 0 Å². The predicted octanol–water partition coefficient (Wildman–Crippen LogP) is 5.87. The van der Waals surface area contributed by atoms with E-state index in [0.29, 0.717) is 25.7 Å². The third-order valence-electron chi connectivity index (χ3n) is 6.80. The number of carbonyl (C=O) groups excluding carboxylic acids is 1. The zero-order chi connectivity index (χ0) is 26.8. The summed E-state index contributed by atoms with van der Waals surface area (Å²) in [5.74, 6) is -1.31. The van der Waals surface area contributed by atoms with Crippen molar-refractivity contribution in [1.82, 2.24) is 29.5 Å². The van der Waals surface area contributed by atoms with Gasteiger partial charge in [0.1, 0.15) is 25.3 Å². The third kappa shape index (κ3) is 4.15. The second kappa shape index (κ2) is 8.50. The Morgan fingerprint density at radius 3 is 1.37 bits per heavy atom. The largest absolute Gasteiger partial charge is 0.418 e. The second-order valence-electron chi connectivity index (χ2n) is 9.40. The molecule has 2 aromatic carbocycles. The first-order valence-corrected chi connectivity index (χ1v) is 11.8. The Balaban J connectivity index is 1.60. The Bertz CT molecular complexity index is 1400. The van der Waals surface area contributed by atoms with Gasteiger partial charge in [0.05, 0.1) is 22.5 Å². The van der Waals surface area contributed by atoms with E-state index in [4.69, 9.17) is 0 Å². The summed E-state index contributed by atoms with van der Waals surface area (Å²) in [6, 6.07) is 3.86. The molecule has 4 aromatic rings. The molecule has 0 unspecified atom stereocenters. The van der Waals surface area contributed by atoms with Gasteiger partial charge in [0.2, 0.25) is 0 Å². The number of aromatic nitrogens is 6. The number of alkyl halides is 6. The van der Waals surface area contributed by atoms with Crippen LogP contribution in [-0.4, -0.2) is 35.3 Å². The molecule has 0 bridgehead atoms. The number of hydrogen-bond donors (Lipinski definition) is 0. The molecule has 7 nitrogen and oxygen atoms in total. The van der Waals surface area contributed by atoms with E-state index in [1.807, 2.05) is 0 Å². The summed E-state index contributed by atoms with van der Waals surface area (Å²) in [4.78, 5) is 21.6. The molecule has 196 valence electrons. The van der Waals surface area contributed by atoms with Gasteiger partial charge in [0.15, 0.2) is 5.78 Å². The Morgan fingerprint density at radius 1 is 0.684 bits per heavy atom. The standard InChI is InChI=1S/C25H18F6N6O/c26-24(27,28)17-7-5-15(19(13-1-2-13)21(17)36-11-32-9-34-36)23(38)16-6-8-18(25(29,30)31)22(20(16)14-3-4-14)37-12-33-10-35-37/h5-14H,1-4H2. The number of hydrogen-bond acceptors (Lipinski definition) is 5. The van der Waals surface area contributed by atoms with Crippen LogP contribution in [0.3, 0.4) is 0 Å². The Morgan fingerprint density at radius 2 is 1.08 bits per heavy atom. The first-order valence-electron chi connectivity index (χ1n) is 11.8. The lowest BCUT2D eigenvalue weighted by Crippen LogP contribution is -2.19. The van der Waals surface area contributed by atoms with Crippen LogP contribution in [0.1, 0.15) is 75.7 Å². The molecule has 0 amide bonds. The number of ketones is 1. The molecule has 6 rings (SSSR count). The normalized spacial score (nSPS) is 16.2. The van der Waals surface area contributed by atoms with Crippen LogP contribution in [0.15, 0.2) is 49.6 Å². The van der Waals surface area contributed by atoms with E-state index in [-0.39, 0.29) is 45.5 Å².